The number of aromatic nitrogens is 1. The first kappa shape index (κ1) is 16.9. The molecule has 2 atom stereocenters. The van der Waals surface area contributed by atoms with Gasteiger partial charge in [-0.05, 0) is 30.3 Å². The predicted octanol–water partition coefficient (Wildman–Crippen LogP) is 2.86. The number of para-hydroxylation sites is 1. The molecule has 7 heteroatoms. The molecule has 0 bridgehead atoms. The zero-order valence-electron chi connectivity index (χ0n) is 14.4. The van der Waals surface area contributed by atoms with Crippen molar-refractivity contribution in [1.82, 2.24) is 4.98 Å². The van der Waals surface area contributed by atoms with Crippen LogP contribution in [0.1, 0.15) is 34.2 Å². The number of carbonyl (C=O) groups is 2. The number of anilines is 1. The van der Waals surface area contributed by atoms with Crippen LogP contribution in [-0.2, 0) is 4.79 Å². The van der Waals surface area contributed by atoms with Crippen LogP contribution in [0.2, 0.25) is 5.02 Å². The summed E-state index contributed by atoms with van der Waals surface area (Å²) in [5, 5.41) is 1.58. The fraction of sp³-hybridized carbons (Fsp3) is 0.250. The quantitative estimate of drug-likeness (QED) is 0.690. The van der Waals surface area contributed by atoms with Crippen molar-refractivity contribution in [2.75, 3.05) is 18.1 Å². The van der Waals surface area contributed by atoms with Crippen LogP contribution in [0.4, 0.5) is 5.69 Å². The number of nitrogens with zero attached hydrogens (tertiary/aromatic N) is 2. The molecule has 1 saturated heterocycles. The summed E-state index contributed by atoms with van der Waals surface area (Å²) >= 11 is 7.73. The van der Waals surface area contributed by atoms with Crippen LogP contribution in [0, 0.1) is 0 Å². The molecule has 5 nitrogen and oxygen atoms in total. The monoisotopic (exact) mass is 398 g/mol. The van der Waals surface area contributed by atoms with Crippen molar-refractivity contribution in [2.45, 2.75) is 18.9 Å². The summed E-state index contributed by atoms with van der Waals surface area (Å²) < 4.78 is 1.19. The lowest BCUT2D eigenvalue weighted by atomic mass is 10.1. The summed E-state index contributed by atoms with van der Waals surface area (Å²) in [5.74, 6) is -0.933. The van der Waals surface area contributed by atoms with E-state index in [4.69, 9.17) is 16.6 Å². The Kier molecular flexibility index (Phi) is 4.00. The third kappa shape index (κ3) is 2.76. The third-order valence-corrected chi connectivity index (χ3v) is 6.77. The molecule has 136 valence electrons. The van der Waals surface area contributed by atoms with E-state index >= 15 is 0 Å². The van der Waals surface area contributed by atoms with Crippen molar-refractivity contribution >= 4 is 50.5 Å². The molecule has 1 N–H and O–H groups in total. The summed E-state index contributed by atoms with van der Waals surface area (Å²) in [7, 11) is 0. The van der Waals surface area contributed by atoms with Crippen LogP contribution in [0.25, 0.3) is 10.2 Å². The second-order valence-corrected chi connectivity index (χ2v) is 8.50. The number of ketones is 1. The molecule has 3 aromatic rings. The molecule has 2 aliphatic heterocycles. The van der Waals surface area contributed by atoms with E-state index in [1.165, 1.54) is 9.60 Å². The van der Waals surface area contributed by atoms with Gasteiger partial charge in [-0.25, -0.2) is 4.98 Å². The molecule has 27 heavy (non-hydrogen) atoms. The van der Waals surface area contributed by atoms with E-state index in [0.717, 1.165) is 29.9 Å². The number of thiazole rings is 1. The van der Waals surface area contributed by atoms with Crippen molar-refractivity contribution < 1.29 is 14.5 Å². The van der Waals surface area contributed by atoms with Gasteiger partial charge in [0.25, 0.3) is 5.78 Å². The minimum absolute atomic E-state index is 0.252. The zero-order valence-corrected chi connectivity index (χ0v) is 16.0. The Bertz CT molecular complexity index is 1050. The van der Waals surface area contributed by atoms with Gasteiger partial charge in [-0.3, -0.25) is 14.5 Å². The van der Waals surface area contributed by atoms with Crippen LogP contribution >= 0.6 is 22.9 Å². The van der Waals surface area contributed by atoms with Gasteiger partial charge in [0.05, 0.1) is 28.0 Å². The molecule has 0 radical (unpaired) electrons. The molecule has 1 aromatic heterocycles. The molecule has 3 heterocycles. The van der Waals surface area contributed by atoms with Crippen LogP contribution in [0.5, 0.6) is 0 Å². The number of hydrogen-bond donors (Lipinski definition) is 1. The van der Waals surface area contributed by atoms with Gasteiger partial charge in [0.1, 0.15) is 6.04 Å². The maximum atomic E-state index is 12.6. The van der Waals surface area contributed by atoms with E-state index in [2.05, 4.69) is 6.07 Å². The molecule has 0 aliphatic carbocycles. The van der Waals surface area contributed by atoms with Gasteiger partial charge in [-0.2, -0.15) is 0 Å². The van der Waals surface area contributed by atoms with Gasteiger partial charge in [-0.1, -0.05) is 23.7 Å². The molecule has 0 spiro atoms. The Labute approximate surface area is 165 Å². The molecule has 1 unspecified atom stereocenters. The van der Waals surface area contributed by atoms with E-state index in [9.17, 15) is 9.59 Å². The summed E-state index contributed by atoms with van der Waals surface area (Å²) in [6, 6.07) is 13.5. The number of rotatable bonds is 3. The van der Waals surface area contributed by atoms with E-state index in [0.29, 0.717) is 22.9 Å². The number of nitrogens with one attached hydrogen (secondary N) is 1. The van der Waals surface area contributed by atoms with E-state index in [1.807, 2.05) is 18.2 Å². The SMILES string of the molecule is O=C1C(=O)N(C[NH+]2CCC[C@H]2c2nc3ccccc3s2)c2ccc(Cl)cc21. The predicted molar refractivity (Wildman–Crippen MR) is 106 cm³/mol. The smallest absolute Gasteiger partial charge is 0.303 e. The van der Waals surface area contributed by atoms with Crippen molar-refractivity contribution in [3.8, 4) is 0 Å². The molecule has 1 amide bonds. The lowest BCUT2D eigenvalue weighted by Gasteiger charge is -2.25. The number of halogens is 1. The second kappa shape index (κ2) is 6.41. The normalized spacial score (nSPS) is 22.0. The fourth-order valence-electron chi connectivity index (χ4n) is 4.07. The molecular weight excluding hydrogens is 382 g/mol. The average molecular weight is 399 g/mol. The Balaban J connectivity index is 1.45. The number of fused-ring (bicyclic) bond motifs is 2. The van der Waals surface area contributed by atoms with E-state index in [1.54, 1.807) is 34.4 Å². The van der Waals surface area contributed by atoms with Crippen LogP contribution in [0.15, 0.2) is 42.5 Å². The number of Topliss-reactive ketones (excluding diaryl/α,β-unsaturated/α-hetero) is 1. The maximum absolute atomic E-state index is 12.6. The summed E-state index contributed by atoms with van der Waals surface area (Å²) in [5.41, 5.74) is 2.09. The molecule has 2 aliphatic rings. The number of likely N-dealkylation sites (tertiary alicyclic amines) is 1. The minimum Gasteiger partial charge on any atom is -0.309 e. The standard InChI is InChI=1S/C20H16ClN3O2S/c21-12-7-8-15-13(10-12)18(25)20(26)24(15)11-23-9-3-5-16(23)19-22-14-4-1-2-6-17(14)27-19/h1-2,4,6-8,10,16H,3,5,9,11H2/p+1/t16-/m0/s1. The highest BCUT2D eigenvalue weighted by molar-refractivity contribution is 7.18. The summed E-state index contributed by atoms with van der Waals surface area (Å²) in [6.07, 6.45) is 2.12. The number of hydrogen-bond acceptors (Lipinski definition) is 4. The first-order chi connectivity index (χ1) is 13.1. The zero-order chi connectivity index (χ0) is 18.5. The fourth-order valence-corrected chi connectivity index (χ4v) is 5.40. The highest BCUT2D eigenvalue weighted by Gasteiger charge is 2.41. The maximum Gasteiger partial charge on any atom is 0.303 e. The van der Waals surface area contributed by atoms with Crippen LogP contribution in [-0.4, -0.2) is 29.9 Å². The Morgan fingerprint density at radius 3 is 2.93 bits per heavy atom. The van der Waals surface area contributed by atoms with Crippen molar-refractivity contribution in [1.29, 1.82) is 0 Å². The minimum atomic E-state index is -0.470. The lowest BCUT2D eigenvalue weighted by molar-refractivity contribution is -0.917. The Morgan fingerprint density at radius 2 is 2.07 bits per heavy atom. The largest absolute Gasteiger partial charge is 0.309 e. The second-order valence-electron chi connectivity index (χ2n) is 7.00. The Morgan fingerprint density at radius 1 is 1.22 bits per heavy atom. The number of quaternary nitrogens is 1. The van der Waals surface area contributed by atoms with Gasteiger partial charge in [-0.15, -0.1) is 11.3 Å². The molecule has 5 rings (SSSR count). The Hall–Kier alpha value is -2.28. The average Bonchev–Trinajstić information content (AvgIpc) is 3.35. The molecule has 2 aromatic carbocycles. The number of benzene rings is 2. The summed E-state index contributed by atoms with van der Waals surface area (Å²) in [6.45, 7) is 1.43. The van der Waals surface area contributed by atoms with E-state index in [-0.39, 0.29) is 6.04 Å². The lowest BCUT2D eigenvalue weighted by Crippen LogP contribution is -3.12. The molecule has 1 fully saturated rings. The highest BCUT2D eigenvalue weighted by Crippen LogP contribution is 2.32. The van der Waals surface area contributed by atoms with Crippen molar-refractivity contribution in [3.63, 3.8) is 0 Å². The van der Waals surface area contributed by atoms with Gasteiger partial charge in [0.2, 0.25) is 0 Å². The van der Waals surface area contributed by atoms with Crippen LogP contribution in [0.3, 0.4) is 0 Å². The van der Waals surface area contributed by atoms with Crippen molar-refractivity contribution in [3.05, 3.63) is 58.1 Å². The topological polar surface area (TPSA) is 54.7 Å². The third-order valence-electron chi connectivity index (χ3n) is 5.39. The molecule has 0 saturated carbocycles. The molecular formula is C20H17ClN3O2S+. The first-order valence-electron chi connectivity index (χ1n) is 8.97. The summed E-state index contributed by atoms with van der Waals surface area (Å²) in [4.78, 5) is 32.6. The highest BCUT2D eigenvalue weighted by atomic mass is 35.5. The van der Waals surface area contributed by atoms with Gasteiger partial charge in [0.15, 0.2) is 11.7 Å². The van der Waals surface area contributed by atoms with Gasteiger partial charge < -0.3 is 4.90 Å². The first-order valence-corrected chi connectivity index (χ1v) is 10.2. The number of carbonyl (C=O) groups excluding carboxylic acids is 2. The van der Waals surface area contributed by atoms with Crippen molar-refractivity contribution in [2.24, 2.45) is 0 Å². The van der Waals surface area contributed by atoms with Gasteiger partial charge in [0, 0.05) is 17.9 Å². The van der Waals surface area contributed by atoms with Gasteiger partial charge >= 0.3 is 5.91 Å². The number of amides is 1. The van der Waals surface area contributed by atoms with E-state index < -0.39 is 11.7 Å². The van der Waals surface area contributed by atoms with Crippen LogP contribution < -0.4 is 9.80 Å².